The number of nitrogens with zero attached hydrogens (tertiary/aromatic N) is 3. The molecular weight excluding hydrogens is 408 g/mol. The number of thioether (sulfide) groups is 1. The van der Waals surface area contributed by atoms with Crippen LogP contribution in [0.1, 0.15) is 18.1 Å². The number of amides is 1. The SMILES string of the molecule is CCn1c(SCC(=O)OCC(=O)Nc2ccc(C)c(C)c2)nnc1-c1cccs1. The molecule has 1 aromatic carbocycles. The Morgan fingerprint density at radius 3 is 2.72 bits per heavy atom. The summed E-state index contributed by atoms with van der Waals surface area (Å²) in [5.41, 5.74) is 2.91. The minimum atomic E-state index is -0.478. The van der Waals surface area contributed by atoms with Crippen molar-refractivity contribution in [3.05, 3.63) is 46.8 Å². The fourth-order valence-corrected chi connectivity index (χ4v) is 4.11. The van der Waals surface area contributed by atoms with Gasteiger partial charge in [0.1, 0.15) is 0 Å². The number of aryl methyl sites for hydroxylation is 2. The zero-order chi connectivity index (χ0) is 20.8. The molecule has 7 nitrogen and oxygen atoms in total. The van der Waals surface area contributed by atoms with E-state index in [0.717, 1.165) is 21.8 Å². The van der Waals surface area contributed by atoms with Crippen molar-refractivity contribution in [3.8, 4) is 10.7 Å². The van der Waals surface area contributed by atoms with Gasteiger partial charge in [-0.1, -0.05) is 23.9 Å². The number of thiophene rings is 1. The molecule has 0 fully saturated rings. The summed E-state index contributed by atoms with van der Waals surface area (Å²) >= 11 is 2.83. The molecule has 0 spiro atoms. The second-order valence-corrected chi connectivity index (χ2v) is 8.21. The van der Waals surface area contributed by atoms with Gasteiger partial charge in [0, 0.05) is 12.2 Å². The van der Waals surface area contributed by atoms with Crippen LogP contribution in [0.4, 0.5) is 5.69 Å². The van der Waals surface area contributed by atoms with Crippen LogP contribution < -0.4 is 5.32 Å². The van der Waals surface area contributed by atoms with E-state index in [1.165, 1.54) is 11.8 Å². The third-order valence-electron chi connectivity index (χ3n) is 4.25. The van der Waals surface area contributed by atoms with E-state index >= 15 is 0 Å². The van der Waals surface area contributed by atoms with Gasteiger partial charge in [-0.05, 0) is 55.5 Å². The summed E-state index contributed by atoms with van der Waals surface area (Å²) in [4.78, 5) is 25.1. The maximum Gasteiger partial charge on any atom is 0.316 e. The Hall–Kier alpha value is -2.65. The molecule has 152 valence electrons. The Bertz CT molecular complexity index is 999. The predicted molar refractivity (Wildman–Crippen MR) is 115 cm³/mol. The van der Waals surface area contributed by atoms with Crippen molar-refractivity contribution in [2.45, 2.75) is 32.5 Å². The van der Waals surface area contributed by atoms with Crippen LogP contribution in [0.3, 0.4) is 0 Å². The van der Waals surface area contributed by atoms with Gasteiger partial charge in [-0.25, -0.2) is 0 Å². The number of anilines is 1. The van der Waals surface area contributed by atoms with Crippen LogP contribution in [0.2, 0.25) is 0 Å². The molecule has 1 N–H and O–H groups in total. The second kappa shape index (κ2) is 9.71. The molecule has 0 atom stereocenters. The zero-order valence-corrected chi connectivity index (χ0v) is 18.1. The second-order valence-electron chi connectivity index (χ2n) is 6.32. The van der Waals surface area contributed by atoms with Gasteiger partial charge in [0.15, 0.2) is 17.6 Å². The highest BCUT2D eigenvalue weighted by molar-refractivity contribution is 7.99. The molecule has 0 unspecified atom stereocenters. The predicted octanol–water partition coefficient (Wildman–Crippen LogP) is 3.92. The molecule has 29 heavy (non-hydrogen) atoms. The number of ether oxygens (including phenoxy) is 1. The lowest BCUT2D eigenvalue weighted by Crippen LogP contribution is -2.21. The highest BCUT2D eigenvalue weighted by atomic mass is 32.2. The van der Waals surface area contributed by atoms with Crippen LogP contribution in [0.5, 0.6) is 0 Å². The van der Waals surface area contributed by atoms with E-state index in [9.17, 15) is 9.59 Å². The largest absolute Gasteiger partial charge is 0.455 e. The summed E-state index contributed by atoms with van der Waals surface area (Å²) in [6.45, 7) is 6.34. The topological polar surface area (TPSA) is 86.1 Å². The first-order valence-electron chi connectivity index (χ1n) is 9.10. The molecule has 0 bridgehead atoms. The molecule has 0 saturated carbocycles. The lowest BCUT2D eigenvalue weighted by molar-refractivity contribution is -0.144. The van der Waals surface area contributed by atoms with Gasteiger partial charge in [-0.3, -0.25) is 9.59 Å². The van der Waals surface area contributed by atoms with Crippen LogP contribution in [0.15, 0.2) is 40.9 Å². The molecular formula is C20H22N4O3S2. The van der Waals surface area contributed by atoms with Gasteiger partial charge in [-0.15, -0.1) is 21.5 Å². The Morgan fingerprint density at radius 1 is 1.21 bits per heavy atom. The standard InChI is InChI=1S/C20H22N4O3S2/c1-4-24-19(16-6-5-9-28-16)22-23-20(24)29-12-18(26)27-11-17(25)21-15-8-7-13(2)14(3)10-15/h5-10H,4,11-12H2,1-3H3,(H,21,25). The van der Waals surface area contributed by atoms with Crippen molar-refractivity contribution < 1.29 is 14.3 Å². The minimum absolute atomic E-state index is 0.0551. The number of hydrogen-bond acceptors (Lipinski definition) is 7. The number of carbonyl (C=O) groups is 2. The van der Waals surface area contributed by atoms with Crippen LogP contribution in [-0.4, -0.2) is 39.0 Å². The number of aromatic nitrogens is 3. The van der Waals surface area contributed by atoms with Gasteiger partial charge < -0.3 is 14.6 Å². The van der Waals surface area contributed by atoms with Crippen LogP contribution in [-0.2, 0) is 20.9 Å². The van der Waals surface area contributed by atoms with Crippen LogP contribution in [0.25, 0.3) is 10.7 Å². The first kappa shape index (κ1) is 21.1. The van der Waals surface area contributed by atoms with Crippen LogP contribution in [0, 0.1) is 13.8 Å². The Kier molecular flexibility index (Phi) is 7.05. The quantitative estimate of drug-likeness (QED) is 0.431. The number of carbonyl (C=O) groups excluding carboxylic acids is 2. The van der Waals surface area contributed by atoms with Crippen molar-refractivity contribution in [2.75, 3.05) is 17.7 Å². The van der Waals surface area contributed by atoms with Gasteiger partial charge in [0.05, 0.1) is 10.6 Å². The van der Waals surface area contributed by atoms with E-state index in [-0.39, 0.29) is 18.3 Å². The normalized spacial score (nSPS) is 10.7. The fraction of sp³-hybridized carbons (Fsp3) is 0.300. The van der Waals surface area contributed by atoms with E-state index in [0.29, 0.717) is 17.4 Å². The van der Waals surface area contributed by atoms with Crippen LogP contribution >= 0.6 is 23.1 Å². The monoisotopic (exact) mass is 430 g/mol. The van der Waals surface area contributed by atoms with Crippen molar-refractivity contribution in [1.82, 2.24) is 14.8 Å². The molecule has 1 amide bonds. The Labute approximate surface area is 177 Å². The summed E-state index contributed by atoms with van der Waals surface area (Å²) in [6, 6.07) is 9.58. The average Bonchev–Trinajstić information content (AvgIpc) is 3.36. The van der Waals surface area contributed by atoms with Gasteiger partial charge >= 0.3 is 5.97 Å². The molecule has 3 rings (SSSR count). The molecule has 9 heteroatoms. The third kappa shape index (κ3) is 5.45. The molecule has 0 aliphatic carbocycles. The molecule has 0 saturated heterocycles. The van der Waals surface area contributed by atoms with E-state index in [1.54, 1.807) is 11.3 Å². The maximum atomic E-state index is 12.0. The number of nitrogens with one attached hydrogen (secondary N) is 1. The smallest absolute Gasteiger partial charge is 0.316 e. The van der Waals surface area contributed by atoms with Crippen molar-refractivity contribution in [1.29, 1.82) is 0 Å². The van der Waals surface area contributed by atoms with E-state index in [1.807, 2.05) is 61.1 Å². The number of rotatable bonds is 8. The Balaban J connectivity index is 1.49. The number of esters is 1. The number of benzene rings is 1. The third-order valence-corrected chi connectivity index (χ3v) is 6.05. The van der Waals surface area contributed by atoms with E-state index in [4.69, 9.17) is 4.74 Å². The summed E-state index contributed by atoms with van der Waals surface area (Å²) in [5, 5.41) is 13.8. The van der Waals surface area contributed by atoms with Gasteiger partial charge in [-0.2, -0.15) is 0 Å². The highest BCUT2D eigenvalue weighted by Gasteiger charge is 2.16. The van der Waals surface area contributed by atoms with Crippen molar-refractivity contribution in [3.63, 3.8) is 0 Å². The molecule has 0 aliphatic heterocycles. The first-order valence-corrected chi connectivity index (χ1v) is 11.0. The number of hydrogen-bond donors (Lipinski definition) is 1. The lowest BCUT2D eigenvalue weighted by Gasteiger charge is -2.09. The molecule has 2 heterocycles. The first-order chi connectivity index (χ1) is 14.0. The average molecular weight is 431 g/mol. The molecule has 2 aromatic heterocycles. The lowest BCUT2D eigenvalue weighted by atomic mass is 10.1. The highest BCUT2D eigenvalue weighted by Crippen LogP contribution is 2.27. The van der Waals surface area contributed by atoms with Crippen molar-refractivity contribution >= 4 is 40.7 Å². The van der Waals surface area contributed by atoms with Crippen molar-refractivity contribution in [2.24, 2.45) is 0 Å². The Morgan fingerprint density at radius 2 is 2.03 bits per heavy atom. The zero-order valence-electron chi connectivity index (χ0n) is 16.5. The summed E-state index contributed by atoms with van der Waals surface area (Å²) in [5.74, 6) is -0.0116. The molecule has 0 aliphatic rings. The maximum absolute atomic E-state index is 12.0. The fourth-order valence-electron chi connectivity index (χ4n) is 2.60. The summed E-state index contributed by atoms with van der Waals surface area (Å²) in [7, 11) is 0. The summed E-state index contributed by atoms with van der Waals surface area (Å²) < 4.78 is 7.03. The van der Waals surface area contributed by atoms with E-state index in [2.05, 4.69) is 15.5 Å². The van der Waals surface area contributed by atoms with Gasteiger partial charge in [0.25, 0.3) is 5.91 Å². The van der Waals surface area contributed by atoms with E-state index < -0.39 is 5.97 Å². The summed E-state index contributed by atoms with van der Waals surface area (Å²) in [6.07, 6.45) is 0. The molecule has 3 aromatic rings. The van der Waals surface area contributed by atoms with Gasteiger partial charge in [0.2, 0.25) is 0 Å². The molecule has 0 radical (unpaired) electrons. The minimum Gasteiger partial charge on any atom is -0.455 e.